The molecule has 3 rings (SSSR count). The Balaban J connectivity index is 1.69. The molecule has 1 aromatic heterocycles. The van der Waals surface area contributed by atoms with Crippen LogP contribution in [0.1, 0.15) is 37.1 Å². The van der Waals surface area contributed by atoms with Crippen LogP contribution in [0, 0.1) is 12.3 Å². The molecule has 2 fully saturated rings. The smallest absolute Gasteiger partial charge is 0.248 e. The summed E-state index contributed by atoms with van der Waals surface area (Å²) in [5, 5.41) is 0. The van der Waals surface area contributed by atoms with Gasteiger partial charge in [-0.15, -0.1) is 0 Å². The van der Waals surface area contributed by atoms with E-state index in [0.29, 0.717) is 26.1 Å². The van der Waals surface area contributed by atoms with Crippen molar-refractivity contribution in [1.82, 2.24) is 19.8 Å². The quantitative estimate of drug-likeness (QED) is 0.818. The average Bonchev–Trinajstić information content (AvgIpc) is 2.61. The third-order valence-corrected chi connectivity index (χ3v) is 5.22. The van der Waals surface area contributed by atoms with Gasteiger partial charge in [0.1, 0.15) is 6.61 Å². The van der Waals surface area contributed by atoms with Crippen LogP contribution >= 0.6 is 0 Å². The van der Waals surface area contributed by atoms with Gasteiger partial charge in [0.15, 0.2) is 0 Å². The van der Waals surface area contributed by atoms with Crippen LogP contribution < -0.4 is 0 Å². The van der Waals surface area contributed by atoms with Gasteiger partial charge in [0.2, 0.25) is 11.8 Å². The molecule has 2 amide bonds. The molecule has 0 aromatic carbocycles. The highest BCUT2D eigenvalue weighted by Crippen LogP contribution is 2.39. The number of piperidine rings is 2. The van der Waals surface area contributed by atoms with Gasteiger partial charge in [0.05, 0.1) is 24.1 Å². The van der Waals surface area contributed by atoms with E-state index in [4.69, 9.17) is 4.74 Å². The van der Waals surface area contributed by atoms with Gasteiger partial charge in [-0.25, -0.2) is 0 Å². The minimum atomic E-state index is -0.00626. The SMILES string of the molecule is COCC(=O)N1CCCC2(CCC(=O)N(Cc3cnc(C)cn3)C2)C1. The summed E-state index contributed by atoms with van der Waals surface area (Å²) in [6.07, 6.45) is 6.86. The summed E-state index contributed by atoms with van der Waals surface area (Å²) in [6, 6.07) is 0. The molecule has 0 saturated carbocycles. The third kappa shape index (κ3) is 4.15. The Morgan fingerprint density at radius 1 is 1.28 bits per heavy atom. The summed E-state index contributed by atoms with van der Waals surface area (Å²) in [5.41, 5.74) is 1.66. The molecule has 2 saturated heterocycles. The van der Waals surface area contributed by atoms with Crippen LogP contribution in [0.25, 0.3) is 0 Å². The fourth-order valence-corrected chi connectivity index (χ4v) is 3.91. The van der Waals surface area contributed by atoms with Crippen LogP contribution in [-0.4, -0.2) is 64.9 Å². The Labute approximate surface area is 148 Å². The Bertz CT molecular complexity index is 634. The predicted octanol–water partition coefficient (Wildman–Crippen LogP) is 1.16. The number of hydrogen-bond acceptors (Lipinski definition) is 5. The van der Waals surface area contributed by atoms with Crippen LogP contribution in [-0.2, 0) is 20.9 Å². The molecule has 0 radical (unpaired) electrons. The number of nitrogens with zero attached hydrogens (tertiary/aromatic N) is 4. The summed E-state index contributed by atoms with van der Waals surface area (Å²) in [4.78, 5) is 37.0. The molecule has 2 aliphatic heterocycles. The molecule has 2 aliphatic rings. The number of rotatable bonds is 4. The van der Waals surface area contributed by atoms with Crippen molar-refractivity contribution in [3.63, 3.8) is 0 Å². The minimum absolute atomic E-state index is 0.00626. The van der Waals surface area contributed by atoms with E-state index in [1.54, 1.807) is 19.5 Å². The van der Waals surface area contributed by atoms with E-state index >= 15 is 0 Å². The zero-order valence-electron chi connectivity index (χ0n) is 15.0. The monoisotopic (exact) mass is 346 g/mol. The highest BCUT2D eigenvalue weighted by molar-refractivity contribution is 5.78. The first-order valence-electron chi connectivity index (χ1n) is 8.83. The molecule has 0 N–H and O–H groups in total. The molecule has 7 heteroatoms. The molecular weight excluding hydrogens is 320 g/mol. The fraction of sp³-hybridized carbons (Fsp3) is 0.667. The second-order valence-electron chi connectivity index (χ2n) is 7.25. The lowest BCUT2D eigenvalue weighted by Crippen LogP contribution is -2.55. The Kier molecular flexibility index (Phi) is 5.32. The molecule has 25 heavy (non-hydrogen) atoms. The normalized spacial score (nSPS) is 24.0. The van der Waals surface area contributed by atoms with E-state index in [1.165, 1.54) is 0 Å². The number of likely N-dealkylation sites (tertiary alicyclic amines) is 2. The highest BCUT2D eigenvalue weighted by Gasteiger charge is 2.42. The van der Waals surface area contributed by atoms with Crippen LogP contribution in [0.2, 0.25) is 0 Å². The van der Waals surface area contributed by atoms with Gasteiger partial charge in [0, 0.05) is 44.8 Å². The zero-order chi connectivity index (χ0) is 17.9. The highest BCUT2D eigenvalue weighted by atomic mass is 16.5. The van der Waals surface area contributed by atoms with Crippen molar-refractivity contribution in [2.24, 2.45) is 5.41 Å². The number of aryl methyl sites for hydroxylation is 1. The molecule has 1 atom stereocenters. The number of carbonyl (C=O) groups is 2. The van der Waals surface area contributed by atoms with Gasteiger partial charge in [-0.1, -0.05) is 0 Å². The maximum Gasteiger partial charge on any atom is 0.248 e. The van der Waals surface area contributed by atoms with Crippen LogP contribution in [0.5, 0.6) is 0 Å². The Morgan fingerprint density at radius 3 is 2.84 bits per heavy atom. The molecule has 136 valence electrons. The lowest BCUT2D eigenvalue weighted by molar-refractivity contribution is -0.145. The molecule has 0 aliphatic carbocycles. The number of aromatic nitrogens is 2. The third-order valence-electron chi connectivity index (χ3n) is 5.22. The van der Waals surface area contributed by atoms with Crippen molar-refractivity contribution in [2.45, 2.75) is 39.2 Å². The summed E-state index contributed by atoms with van der Waals surface area (Å²) < 4.78 is 4.99. The van der Waals surface area contributed by atoms with Crippen LogP contribution in [0.15, 0.2) is 12.4 Å². The van der Waals surface area contributed by atoms with E-state index < -0.39 is 0 Å². The van der Waals surface area contributed by atoms with Crippen molar-refractivity contribution in [2.75, 3.05) is 33.4 Å². The van der Waals surface area contributed by atoms with E-state index in [9.17, 15) is 9.59 Å². The van der Waals surface area contributed by atoms with E-state index in [0.717, 1.165) is 37.2 Å². The summed E-state index contributed by atoms with van der Waals surface area (Å²) in [5.74, 6) is 0.197. The number of ether oxygens (including phenoxy) is 1. The molecular formula is C18H26N4O3. The topological polar surface area (TPSA) is 75.6 Å². The fourth-order valence-electron chi connectivity index (χ4n) is 3.91. The lowest BCUT2D eigenvalue weighted by Gasteiger charge is -2.48. The molecule has 7 nitrogen and oxygen atoms in total. The second-order valence-corrected chi connectivity index (χ2v) is 7.25. The molecule has 1 aromatic rings. The van der Waals surface area contributed by atoms with Gasteiger partial charge in [-0.2, -0.15) is 0 Å². The van der Waals surface area contributed by atoms with Crippen molar-refractivity contribution in [3.05, 3.63) is 23.8 Å². The maximum absolute atomic E-state index is 12.4. The molecule has 3 heterocycles. The minimum Gasteiger partial charge on any atom is -0.375 e. The van der Waals surface area contributed by atoms with E-state index in [-0.39, 0.29) is 23.8 Å². The van der Waals surface area contributed by atoms with Gasteiger partial charge in [-0.3, -0.25) is 19.6 Å². The first kappa shape index (κ1) is 17.8. The standard InChI is InChI=1S/C18H26N4O3/c1-14-8-20-15(9-19-14)10-22-13-18(6-4-16(22)23)5-3-7-21(12-18)17(24)11-25-2/h8-9H,3-7,10-13H2,1-2H3. The van der Waals surface area contributed by atoms with Crippen LogP contribution in [0.3, 0.4) is 0 Å². The number of carbonyl (C=O) groups excluding carboxylic acids is 2. The summed E-state index contributed by atoms with van der Waals surface area (Å²) in [7, 11) is 1.54. The molecule has 0 bridgehead atoms. The Morgan fingerprint density at radius 2 is 2.12 bits per heavy atom. The first-order chi connectivity index (χ1) is 12.0. The van der Waals surface area contributed by atoms with Gasteiger partial charge >= 0.3 is 0 Å². The maximum atomic E-state index is 12.4. The first-order valence-corrected chi connectivity index (χ1v) is 8.83. The number of hydrogen-bond donors (Lipinski definition) is 0. The van der Waals surface area contributed by atoms with E-state index in [2.05, 4.69) is 9.97 Å². The number of amides is 2. The van der Waals surface area contributed by atoms with Gasteiger partial charge in [0.25, 0.3) is 0 Å². The lowest BCUT2D eigenvalue weighted by atomic mass is 9.73. The van der Waals surface area contributed by atoms with Crippen molar-refractivity contribution in [1.29, 1.82) is 0 Å². The van der Waals surface area contributed by atoms with Crippen molar-refractivity contribution >= 4 is 11.8 Å². The van der Waals surface area contributed by atoms with Crippen LogP contribution in [0.4, 0.5) is 0 Å². The number of methoxy groups -OCH3 is 1. The van der Waals surface area contributed by atoms with Gasteiger partial charge in [-0.05, 0) is 26.2 Å². The second kappa shape index (κ2) is 7.47. The zero-order valence-corrected chi connectivity index (χ0v) is 15.0. The largest absolute Gasteiger partial charge is 0.375 e. The molecule has 1 spiro atoms. The van der Waals surface area contributed by atoms with Crippen molar-refractivity contribution < 1.29 is 14.3 Å². The predicted molar refractivity (Wildman–Crippen MR) is 91.5 cm³/mol. The summed E-state index contributed by atoms with van der Waals surface area (Å²) in [6.45, 7) is 4.67. The van der Waals surface area contributed by atoms with Crippen molar-refractivity contribution in [3.8, 4) is 0 Å². The Hall–Kier alpha value is -2.02. The summed E-state index contributed by atoms with van der Waals surface area (Å²) >= 11 is 0. The van der Waals surface area contributed by atoms with E-state index in [1.807, 2.05) is 16.7 Å². The average molecular weight is 346 g/mol. The van der Waals surface area contributed by atoms with Gasteiger partial charge < -0.3 is 14.5 Å². The molecule has 1 unspecified atom stereocenters.